The minimum Gasteiger partial charge on any atom is -0.478 e. The molecule has 0 spiro atoms. The van der Waals surface area contributed by atoms with Crippen molar-refractivity contribution in [2.45, 2.75) is 19.2 Å². The number of halogens is 4. The zero-order valence-corrected chi connectivity index (χ0v) is 10.3. The van der Waals surface area contributed by atoms with Gasteiger partial charge < -0.3 is 9.84 Å². The topological polar surface area (TPSA) is 46.5 Å². The lowest BCUT2D eigenvalue weighted by Crippen LogP contribution is -2.40. The lowest BCUT2D eigenvalue weighted by Gasteiger charge is -2.27. The number of carboxylic acid groups (broad SMARTS) is 1. The number of benzene rings is 1. The number of hydrogen-bond acceptors (Lipinski definition) is 2. The summed E-state index contributed by atoms with van der Waals surface area (Å²) in [6.07, 6.45) is -6.39. The number of carbonyl (C=O) groups is 1. The molecule has 1 aliphatic heterocycles. The molecule has 0 aliphatic carbocycles. The number of rotatable bonds is 1. The van der Waals surface area contributed by atoms with Gasteiger partial charge in [-0.25, -0.2) is 4.79 Å². The minimum absolute atomic E-state index is 0.0719. The van der Waals surface area contributed by atoms with Crippen LogP contribution in [0.3, 0.4) is 0 Å². The highest BCUT2D eigenvalue weighted by Gasteiger charge is 2.48. The third-order valence-electron chi connectivity index (χ3n) is 2.61. The van der Waals surface area contributed by atoms with E-state index in [-0.39, 0.29) is 16.3 Å². The molecule has 3 nitrogen and oxygen atoms in total. The molecule has 0 radical (unpaired) electrons. The maximum atomic E-state index is 12.8. The number of aryl methyl sites for hydroxylation is 1. The molecule has 1 aliphatic rings. The molecule has 1 N–H and O–H groups in total. The molecule has 1 heterocycles. The highest BCUT2D eigenvalue weighted by atomic mass is 35.5. The summed E-state index contributed by atoms with van der Waals surface area (Å²) in [5, 5.41) is 9.00. The van der Waals surface area contributed by atoms with Gasteiger partial charge in [0.2, 0.25) is 6.10 Å². The second-order valence-corrected chi connectivity index (χ2v) is 4.51. The Morgan fingerprint density at radius 3 is 2.58 bits per heavy atom. The maximum Gasteiger partial charge on any atom is 0.430 e. The molecule has 102 valence electrons. The first-order chi connectivity index (χ1) is 8.70. The molecule has 1 aromatic rings. The van der Waals surface area contributed by atoms with E-state index >= 15 is 0 Å². The van der Waals surface area contributed by atoms with Gasteiger partial charge in [-0.15, -0.1) is 0 Å². The lowest BCUT2D eigenvalue weighted by atomic mass is 10.00. The Hall–Kier alpha value is -1.69. The zero-order valence-electron chi connectivity index (χ0n) is 9.58. The highest BCUT2D eigenvalue weighted by Crippen LogP contribution is 2.40. The Balaban J connectivity index is 2.61. The number of hydrogen-bond donors (Lipinski definition) is 1. The van der Waals surface area contributed by atoms with Crippen LogP contribution in [0.1, 0.15) is 11.1 Å². The van der Waals surface area contributed by atoms with Crippen molar-refractivity contribution in [3.8, 4) is 5.75 Å². The van der Waals surface area contributed by atoms with Crippen LogP contribution in [0.2, 0.25) is 5.02 Å². The summed E-state index contributed by atoms with van der Waals surface area (Å²) in [5.74, 6) is -1.76. The molecule has 0 saturated heterocycles. The number of aliphatic carboxylic acids is 1. The van der Waals surface area contributed by atoms with Gasteiger partial charge in [0.1, 0.15) is 5.75 Å². The van der Waals surface area contributed by atoms with Gasteiger partial charge in [-0.1, -0.05) is 11.6 Å². The number of ether oxygens (including phenoxy) is 1. The Morgan fingerprint density at radius 2 is 2.05 bits per heavy atom. The summed E-state index contributed by atoms with van der Waals surface area (Å²) in [6.45, 7) is 1.65. The predicted octanol–water partition coefficient (Wildman–Crippen LogP) is 3.44. The van der Waals surface area contributed by atoms with E-state index in [0.717, 1.165) is 6.08 Å². The first-order valence-electron chi connectivity index (χ1n) is 5.18. The number of alkyl halides is 3. The molecule has 0 bridgehead atoms. The molecule has 1 unspecified atom stereocenters. The van der Waals surface area contributed by atoms with Gasteiger partial charge in [0.15, 0.2) is 0 Å². The van der Waals surface area contributed by atoms with Crippen LogP contribution < -0.4 is 4.74 Å². The van der Waals surface area contributed by atoms with Crippen molar-refractivity contribution in [3.63, 3.8) is 0 Å². The Kier molecular flexibility index (Phi) is 3.22. The van der Waals surface area contributed by atoms with E-state index in [1.165, 1.54) is 12.1 Å². The molecule has 7 heteroatoms. The van der Waals surface area contributed by atoms with Crippen LogP contribution in [0.15, 0.2) is 17.7 Å². The summed E-state index contributed by atoms with van der Waals surface area (Å²) in [6, 6.07) is 2.91. The fraction of sp³-hybridized carbons (Fsp3) is 0.250. The summed E-state index contributed by atoms with van der Waals surface area (Å²) < 4.78 is 43.1. The normalized spacial score (nSPS) is 18.4. The summed E-state index contributed by atoms with van der Waals surface area (Å²) >= 11 is 5.88. The van der Waals surface area contributed by atoms with Gasteiger partial charge in [0.05, 0.1) is 10.6 Å². The zero-order chi connectivity index (χ0) is 14.4. The largest absolute Gasteiger partial charge is 0.478 e. The summed E-state index contributed by atoms with van der Waals surface area (Å²) in [7, 11) is 0. The highest BCUT2D eigenvalue weighted by molar-refractivity contribution is 6.32. The monoisotopic (exact) mass is 292 g/mol. The van der Waals surface area contributed by atoms with E-state index in [1.54, 1.807) is 6.92 Å². The van der Waals surface area contributed by atoms with E-state index in [1.807, 2.05) is 0 Å². The molecule has 2 rings (SSSR count). The third kappa shape index (κ3) is 2.53. The smallest absolute Gasteiger partial charge is 0.430 e. The molecule has 19 heavy (non-hydrogen) atoms. The van der Waals surface area contributed by atoms with E-state index in [9.17, 15) is 18.0 Å². The average molecular weight is 293 g/mol. The Bertz CT molecular complexity index is 578. The molecular weight excluding hydrogens is 285 g/mol. The summed E-state index contributed by atoms with van der Waals surface area (Å²) in [4.78, 5) is 10.9. The van der Waals surface area contributed by atoms with Crippen LogP contribution in [0.5, 0.6) is 5.75 Å². The van der Waals surface area contributed by atoms with Crippen molar-refractivity contribution in [2.24, 2.45) is 0 Å². The summed E-state index contributed by atoms with van der Waals surface area (Å²) in [5.41, 5.74) is -0.118. The van der Waals surface area contributed by atoms with Crippen LogP contribution in [-0.2, 0) is 4.79 Å². The molecule has 0 amide bonds. The van der Waals surface area contributed by atoms with Gasteiger partial charge >= 0.3 is 12.1 Å². The van der Waals surface area contributed by atoms with Crippen molar-refractivity contribution < 1.29 is 27.8 Å². The quantitative estimate of drug-likeness (QED) is 0.862. The van der Waals surface area contributed by atoms with Crippen LogP contribution in [-0.4, -0.2) is 23.4 Å². The van der Waals surface area contributed by atoms with Crippen molar-refractivity contribution >= 4 is 23.6 Å². The fourth-order valence-corrected chi connectivity index (χ4v) is 2.12. The fourth-order valence-electron chi connectivity index (χ4n) is 1.80. The first-order valence-corrected chi connectivity index (χ1v) is 5.56. The van der Waals surface area contributed by atoms with Crippen molar-refractivity contribution in [2.75, 3.05) is 0 Å². The molecule has 0 saturated carbocycles. The Labute approximate surface area is 111 Å². The second kappa shape index (κ2) is 4.45. The van der Waals surface area contributed by atoms with E-state index in [2.05, 4.69) is 0 Å². The van der Waals surface area contributed by atoms with E-state index in [4.69, 9.17) is 21.4 Å². The standard InChI is InChI=1S/C12H8ClF3O3/c1-5-2-8(13)6-4-7(11(17)18)10(12(14,15)16)19-9(6)3-5/h2-4,10H,1H3,(H,17,18). The molecule has 1 aromatic carbocycles. The average Bonchev–Trinajstić information content (AvgIpc) is 2.25. The third-order valence-corrected chi connectivity index (χ3v) is 2.92. The van der Waals surface area contributed by atoms with Crippen LogP contribution >= 0.6 is 11.6 Å². The molecular formula is C12H8ClF3O3. The van der Waals surface area contributed by atoms with Crippen molar-refractivity contribution in [1.29, 1.82) is 0 Å². The maximum absolute atomic E-state index is 12.8. The van der Waals surface area contributed by atoms with Crippen LogP contribution in [0.25, 0.3) is 6.08 Å². The second-order valence-electron chi connectivity index (χ2n) is 4.10. The van der Waals surface area contributed by atoms with Crippen LogP contribution in [0, 0.1) is 6.92 Å². The van der Waals surface area contributed by atoms with Gasteiger partial charge in [-0.2, -0.15) is 13.2 Å². The minimum atomic E-state index is -4.81. The predicted molar refractivity (Wildman–Crippen MR) is 62.3 cm³/mol. The first kappa shape index (κ1) is 13.7. The SMILES string of the molecule is Cc1cc(Cl)c2c(c1)OC(C(F)(F)F)C(C(=O)O)=C2. The van der Waals surface area contributed by atoms with Gasteiger partial charge in [-0.3, -0.25) is 0 Å². The van der Waals surface area contributed by atoms with Crippen molar-refractivity contribution in [1.82, 2.24) is 0 Å². The van der Waals surface area contributed by atoms with Gasteiger partial charge in [0.25, 0.3) is 0 Å². The molecule has 1 atom stereocenters. The van der Waals surface area contributed by atoms with Crippen LogP contribution in [0.4, 0.5) is 13.2 Å². The van der Waals surface area contributed by atoms with E-state index < -0.39 is 23.8 Å². The number of carboxylic acids is 1. The van der Waals surface area contributed by atoms with Gasteiger partial charge in [-0.05, 0) is 30.7 Å². The molecule has 0 aromatic heterocycles. The van der Waals surface area contributed by atoms with Gasteiger partial charge in [0, 0.05) is 5.56 Å². The van der Waals surface area contributed by atoms with Crippen molar-refractivity contribution in [3.05, 3.63) is 33.9 Å². The van der Waals surface area contributed by atoms with E-state index in [0.29, 0.717) is 5.56 Å². The lowest BCUT2D eigenvalue weighted by molar-refractivity contribution is -0.187. The Morgan fingerprint density at radius 1 is 1.42 bits per heavy atom. The number of fused-ring (bicyclic) bond motifs is 1. The molecule has 0 fully saturated rings.